The number of hydrogen-bond donors (Lipinski definition) is 1. The van der Waals surface area contributed by atoms with Gasteiger partial charge in [-0.3, -0.25) is 0 Å². The van der Waals surface area contributed by atoms with Crippen LogP contribution in [0.2, 0.25) is 0 Å². The first-order valence-corrected chi connectivity index (χ1v) is 6.20. The van der Waals surface area contributed by atoms with E-state index in [1.807, 2.05) is 31.2 Å². The molecule has 2 nitrogen and oxygen atoms in total. The van der Waals surface area contributed by atoms with E-state index in [4.69, 9.17) is 5.26 Å². The third-order valence-corrected chi connectivity index (χ3v) is 3.04. The van der Waals surface area contributed by atoms with Gasteiger partial charge in [0.15, 0.2) is 0 Å². The number of nitrogens with one attached hydrogen (secondary N) is 1. The zero-order chi connectivity index (χ0) is 13.8. The lowest BCUT2D eigenvalue weighted by atomic mass is 10.1. The van der Waals surface area contributed by atoms with Crippen LogP contribution in [0, 0.1) is 24.1 Å². The van der Waals surface area contributed by atoms with E-state index >= 15 is 0 Å². The van der Waals surface area contributed by atoms with Crippen molar-refractivity contribution in [1.82, 2.24) is 0 Å². The largest absolute Gasteiger partial charge is 0.355 e. The second-order valence-electron chi connectivity index (χ2n) is 4.43. The molecule has 0 bridgehead atoms. The third kappa shape index (κ3) is 2.92. The molecule has 0 unspecified atom stereocenters. The number of anilines is 2. The van der Waals surface area contributed by atoms with Gasteiger partial charge in [-0.2, -0.15) is 5.26 Å². The summed E-state index contributed by atoms with van der Waals surface area (Å²) in [4.78, 5) is 0. The van der Waals surface area contributed by atoms with Crippen LogP contribution in [0.4, 0.5) is 15.8 Å². The van der Waals surface area contributed by atoms with Crippen LogP contribution in [0.1, 0.15) is 23.6 Å². The zero-order valence-corrected chi connectivity index (χ0v) is 11.0. The molecule has 0 heterocycles. The van der Waals surface area contributed by atoms with Crippen molar-refractivity contribution >= 4 is 11.4 Å². The van der Waals surface area contributed by atoms with Crippen molar-refractivity contribution in [2.24, 2.45) is 0 Å². The van der Waals surface area contributed by atoms with Crippen LogP contribution in [0.15, 0.2) is 36.4 Å². The van der Waals surface area contributed by atoms with E-state index in [0.29, 0.717) is 11.3 Å². The maximum atomic E-state index is 13.4. The van der Waals surface area contributed by atoms with E-state index in [9.17, 15) is 4.39 Å². The van der Waals surface area contributed by atoms with Crippen LogP contribution in [0.3, 0.4) is 0 Å². The molecule has 3 heteroatoms. The molecule has 2 aromatic carbocycles. The predicted octanol–water partition coefficient (Wildman–Crippen LogP) is 4.31. The van der Waals surface area contributed by atoms with Gasteiger partial charge in [-0.15, -0.1) is 0 Å². The average Bonchev–Trinajstić information content (AvgIpc) is 2.40. The molecule has 0 radical (unpaired) electrons. The van der Waals surface area contributed by atoms with Gasteiger partial charge in [-0.05, 0) is 42.7 Å². The van der Waals surface area contributed by atoms with Crippen LogP contribution in [-0.2, 0) is 6.42 Å². The van der Waals surface area contributed by atoms with E-state index in [0.717, 1.165) is 17.7 Å². The third-order valence-electron chi connectivity index (χ3n) is 3.04. The summed E-state index contributed by atoms with van der Waals surface area (Å²) in [7, 11) is 0. The Morgan fingerprint density at radius 1 is 1.26 bits per heavy atom. The van der Waals surface area contributed by atoms with E-state index in [2.05, 4.69) is 12.2 Å². The van der Waals surface area contributed by atoms with E-state index in [1.165, 1.54) is 17.7 Å². The Morgan fingerprint density at radius 3 is 2.74 bits per heavy atom. The molecule has 96 valence electrons. The van der Waals surface area contributed by atoms with Gasteiger partial charge < -0.3 is 5.32 Å². The highest BCUT2D eigenvalue weighted by Gasteiger charge is 2.06. The van der Waals surface area contributed by atoms with E-state index in [1.54, 1.807) is 6.07 Å². The highest BCUT2D eigenvalue weighted by Crippen LogP contribution is 2.26. The minimum absolute atomic E-state index is 0.314. The van der Waals surface area contributed by atoms with Gasteiger partial charge in [-0.25, -0.2) is 4.39 Å². The molecule has 0 aliphatic heterocycles. The molecule has 19 heavy (non-hydrogen) atoms. The van der Waals surface area contributed by atoms with Crippen LogP contribution < -0.4 is 5.32 Å². The lowest BCUT2D eigenvalue weighted by Crippen LogP contribution is -1.99. The summed E-state index contributed by atoms with van der Waals surface area (Å²) in [5, 5.41) is 12.1. The first-order chi connectivity index (χ1) is 9.13. The van der Waals surface area contributed by atoms with Gasteiger partial charge in [0.25, 0.3) is 0 Å². The molecule has 0 fully saturated rings. The topological polar surface area (TPSA) is 35.8 Å². The fraction of sp³-hybridized carbons (Fsp3) is 0.188. The fourth-order valence-corrected chi connectivity index (χ4v) is 2.07. The van der Waals surface area contributed by atoms with Crippen LogP contribution in [0.5, 0.6) is 0 Å². The molecule has 0 atom stereocenters. The van der Waals surface area contributed by atoms with Crippen molar-refractivity contribution in [1.29, 1.82) is 5.26 Å². The Balaban J connectivity index is 2.42. The van der Waals surface area contributed by atoms with Crippen molar-refractivity contribution in [2.75, 3.05) is 5.32 Å². The summed E-state index contributed by atoms with van der Waals surface area (Å²) in [5.74, 6) is -0.409. The standard InChI is InChI=1S/C16H15FN2/c1-3-13-6-4-5-11(2)16(13)19-15-8-12(10-18)7-14(17)9-15/h4-9,19H,3H2,1-2H3. The number of rotatable bonds is 3. The molecule has 0 saturated heterocycles. The van der Waals surface area contributed by atoms with Crippen molar-refractivity contribution in [2.45, 2.75) is 20.3 Å². The summed E-state index contributed by atoms with van der Waals surface area (Å²) in [5.41, 5.74) is 4.17. The Labute approximate surface area is 112 Å². The Bertz CT molecular complexity index is 642. The number of aryl methyl sites for hydroxylation is 2. The minimum Gasteiger partial charge on any atom is -0.355 e. The number of hydrogen-bond acceptors (Lipinski definition) is 2. The molecule has 0 aliphatic rings. The second-order valence-corrected chi connectivity index (χ2v) is 4.43. The zero-order valence-electron chi connectivity index (χ0n) is 11.0. The summed E-state index contributed by atoms with van der Waals surface area (Å²) < 4.78 is 13.4. The smallest absolute Gasteiger partial charge is 0.126 e. The molecule has 0 amide bonds. The fourth-order valence-electron chi connectivity index (χ4n) is 2.07. The number of para-hydroxylation sites is 1. The predicted molar refractivity (Wildman–Crippen MR) is 75.0 cm³/mol. The average molecular weight is 254 g/mol. The monoisotopic (exact) mass is 254 g/mol. The van der Waals surface area contributed by atoms with Gasteiger partial charge in [0.1, 0.15) is 5.82 Å². The number of nitriles is 1. The molecule has 2 rings (SSSR count). The van der Waals surface area contributed by atoms with Gasteiger partial charge in [0.2, 0.25) is 0 Å². The molecule has 0 aromatic heterocycles. The summed E-state index contributed by atoms with van der Waals surface area (Å²) in [6.45, 7) is 4.08. The number of benzene rings is 2. The van der Waals surface area contributed by atoms with Crippen LogP contribution in [-0.4, -0.2) is 0 Å². The van der Waals surface area contributed by atoms with Crippen molar-refractivity contribution in [3.63, 3.8) is 0 Å². The second kappa shape index (κ2) is 5.53. The Morgan fingerprint density at radius 2 is 2.05 bits per heavy atom. The van der Waals surface area contributed by atoms with Crippen molar-refractivity contribution in [3.05, 3.63) is 58.9 Å². The molecular weight excluding hydrogens is 239 g/mol. The normalized spacial score (nSPS) is 10.0. The molecule has 0 saturated carbocycles. The van der Waals surface area contributed by atoms with Gasteiger partial charge in [0.05, 0.1) is 11.6 Å². The van der Waals surface area contributed by atoms with Gasteiger partial charge >= 0.3 is 0 Å². The van der Waals surface area contributed by atoms with Crippen LogP contribution >= 0.6 is 0 Å². The Kier molecular flexibility index (Phi) is 3.82. The summed E-state index contributed by atoms with van der Waals surface area (Å²) in [6, 6.07) is 12.3. The summed E-state index contributed by atoms with van der Waals surface area (Å²) in [6.07, 6.45) is 0.893. The molecule has 1 N–H and O–H groups in total. The molecule has 0 spiro atoms. The molecule has 0 aliphatic carbocycles. The number of nitrogens with zero attached hydrogens (tertiary/aromatic N) is 1. The van der Waals surface area contributed by atoms with E-state index < -0.39 is 5.82 Å². The maximum absolute atomic E-state index is 13.4. The molecule has 2 aromatic rings. The first-order valence-electron chi connectivity index (χ1n) is 6.20. The lowest BCUT2D eigenvalue weighted by Gasteiger charge is -2.14. The number of halogens is 1. The van der Waals surface area contributed by atoms with E-state index in [-0.39, 0.29) is 0 Å². The summed E-state index contributed by atoms with van der Waals surface area (Å²) >= 11 is 0. The lowest BCUT2D eigenvalue weighted by molar-refractivity contribution is 0.628. The maximum Gasteiger partial charge on any atom is 0.126 e. The van der Waals surface area contributed by atoms with Crippen molar-refractivity contribution in [3.8, 4) is 6.07 Å². The molecular formula is C16H15FN2. The SMILES string of the molecule is CCc1cccc(C)c1Nc1cc(F)cc(C#N)c1. The highest BCUT2D eigenvalue weighted by atomic mass is 19.1. The van der Waals surface area contributed by atoms with Gasteiger partial charge in [-0.1, -0.05) is 25.1 Å². The Hall–Kier alpha value is -2.34. The highest BCUT2D eigenvalue weighted by molar-refractivity contribution is 5.67. The van der Waals surface area contributed by atoms with Gasteiger partial charge in [0, 0.05) is 11.4 Å². The quantitative estimate of drug-likeness (QED) is 0.885. The minimum atomic E-state index is -0.409. The van der Waals surface area contributed by atoms with Crippen LogP contribution in [0.25, 0.3) is 0 Å². The van der Waals surface area contributed by atoms with Crippen molar-refractivity contribution < 1.29 is 4.39 Å². The first kappa shape index (κ1) is 13.1.